The van der Waals surface area contributed by atoms with Gasteiger partial charge in [0, 0.05) is 16.0 Å². The topological polar surface area (TPSA) is 75.2 Å². The lowest BCUT2D eigenvalue weighted by Crippen LogP contribution is -2.10. The van der Waals surface area contributed by atoms with E-state index >= 15 is 0 Å². The highest BCUT2D eigenvalue weighted by molar-refractivity contribution is 7.18. The third-order valence-corrected chi connectivity index (χ3v) is 6.52. The maximum absolute atomic E-state index is 13.0. The zero-order valence-corrected chi connectivity index (χ0v) is 16.8. The van der Waals surface area contributed by atoms with Crippen molar-refractivity contribution in [3.63, 3.8) is 0 Å². The van der Waals surface area contributed by atoms with Gasteiger partial charge in [-0.2, -0.15) is 0 Å². The molecule has 1 aromatic carbocycles. The summed E-state index contributed by atoms with van der Waals surface area (Å²) >= 11 is 1.64. The van der Waals surface area contributed by atoms with Gasteiger partial charge in [-0.15, -0.1) is 17.9 Å². The average molecular weight is 397 g/mol. The molecular weight excluding hydrogens is 372 g/mol. The maximum atomic E-state index is 13.0. The van der Waals surface area contributed by atoms with Gasteiger partial charge in [0.1, 0.15) is 10.7 Å². The summed E-state index contributed by atoms with van der Waals surface area (Å²) in [6.45, 7) is 3.74. The minimum atomic E-state index is -0.0876. The number of aromatic amines is 1. The molecule has 0 radical (unpaired) electrons. The van der Waals surface area contributed by atoms with Crippen LogP contribution in [0.4, 0.5) is 0 Å². The van der Waals surface area contributed by atoms with Gasteiger partial charge in [0.15, 0.2) is 11.5 Å². The van der Waals surface area contributed by atoms with Gasteiger partial charge in [-0.3, -0.25) is 4.79 Å². The smallest absolute Gasteiger partial charge is 0.260 e. The Balaban J connectivity index is 1.87. The zero-order valence-electron chi connectivity index (χ0n) is 16.0. The standard InChI is InChI=1S/C22H24N2O3S/c1-3-8-13-11-14(12-16(27-2)19(13)25)20-23-21(26)18-15-9-6-4-5-7-10-17(15)28-22(18)24-20/h3,11-12,25H,1,4-10H2,2H3,(H,23,24,26). The Morgan fingerprint density at radius 1 is 1.29 bits per heavy atom. The largest absolute Gasteiger partial charge is 0.504 e. The van der Waals surface area contributed by atoms with Crippen LogP contribution in [0.3, 0.4) is 0 Å². The summed E-state index contributed by atoms with van der Waals surface area (Å²) in [7, 11) is 1.51. The molecule has 2 N–H and O–H groups in total. The first-order valence-electron chi connectivity index (χ1n) is 9.68. The Morgan fingerprint density at radius 2 is 2.07 bits per heavy atom. The lowest BCUT2D eigenvalue weighted by atomic mass is 9.98. The molecule has 2 aromatic heterocycles. The van der Waals surface area contributed by atoms with Crippen LogP contribution in [-0.4, -0.2) is 22.2 Å². The lowest BCUT2D eigenvalue weighted by molar-refractivity contribution is 0.371. The van der Waals surface area contributed by atoms with Crippen LogP contribution in [0.5, 0.6) is 11.5 Å². The van der Waals surface area contributed by atoms with Crippen LogP contribution in [0.1, 0.15) is 41.7 Å². The molecule has 6 heteroatoms. The number of aromatic nitrogens is 2. The second-order valence-corrected chi connectivity index (χ2v) is 8.28. The van der Waals surface area contributed by atoms with Gasteiger partial charge < -0.3 is 14.8 Å². The highest BCUT2D eigenvalue weighted by Crippen LogP contribution is 2.37. The Labute approximate surface area is 167 Å². The van der Waals surface area contributed by atoms with E-state index in [9.17, 15) is 9.90 Å². The molecule has 28 heavy (non-hydrogen) atoms. The number of thiophene rings is 1. The minimum absolute atomic E-state index is 0.0876. The molecule has 0 spiro atoms. The van der Waals surface area contributed by atoms with E-state index in [1.54, 1.807) is 23.5 Å². The normalized spacial score (nSPS) is 14.3. The van der Waals surface area contributed by atoms with E-state index in [1.807, 2.05) is 6.07 Å². The molecule has 1 aliphatic rings. The summed E-state index contributed by atoms with van der Waals surface area (Å²) in [5.41, 5.74) is 2.50. The number of hydrogen-bond donors (Lipinski definition) is 2. The first-order chi connectivity index (χ1) is 13.6. The van der Waals surface area contributed by atoms with E-state index in [0.717, 1.165) is 29.5 Å². The summed E-state index contributed by atoms with van der Waals surface area (Å²) in [6, 6.07) is 3.53. The Morgan fingerprint density at radius 3 is 2.82 bits per heavy atom. The van der Waals surface area contributed by atoms with Crippen LogP contribution in [0.2, 0.25) is 0 Å². The third kappa shape index (κ3) is 3.33. The molecule has 0 unspecified atom stereocenters. The fourth-order valence-electron chi connectivity index (χ4n) is 3.92. The maximum Gasteiger partial charge on any atom is 0.260 e. The number of fused-ring (bicyclic) bond motifs is 3. The lowest BCUT2D eigenvalue weighted by Gasteiger charge is -2.11. The van der Waals surface area contributed by atoms with Crippen LogP contribution in [0, 0.1) is 0 Å². The second-order valence-electron chi connectivity index (χ2n) is 7.19. The molecule has 3 aromatic rings. The van der Waals surface area contributed by atoms with Crippen molar-refractivity contribution in [2.24, 2.45) is 0 Å². The quantitative estimate of drug-likeness (QED) is 0.624. The molecule has 1 aliphatic carbocycles. The van der Waals surface area contributed by atoms with Crippen LogP contribution < -0.4 is 10.3 Å². The van der Waals surface area contributed by atoms with Crippen molar-refractivity contribution in [3.8, 4) is 22.9 Å². The van der Waals surface area contributed by atoms with Gasteiger partial charge in [0.2, 0.25) is 0 Å². The van der Waals surface area contributed by atoms with Gasteiger partial charge in [-0.1, -0.05) is 18.9 Å². The molecule has 5 nitrogen and oxygen atoms in total. The summed E-state index contributed by atoms with van der Waals surface area (Å²) in [5.74, 6) is 0.944. The number of phenolic OH excluding ortho intramolecular Hbond substituents is 1. The number of aromatic hydroxyl groups is 1. The van der Waals surface area contributed by atoms with Crippen LogP contribution in [0.25, 0.3) is 21.6 Å². The van der Waals surface area contributed by atoms with Gasteiger partial charge in [0.25, 0.3) is 5.56 Å². The summed E-state index contributed by atoms with van der Waals surface area (Å²) < 4.78 is 5.30. The Hall–Kier alpha value is -2.60. The van der Waals surface area contributed by atoms with Gasteiger partial charge in [0.05, 0.1) is 12.5 Å². The molecule has 0 fully saturated rings. The van der Waals surface area contributed by atoms with E-state index in [4.69, 9.17) is 9.72 Å². The number of H-pyrrole nitrogens is 1. The fourth-order valence-corrected chi connectivity index (χ4v) is 5.19. The number of allylic oxidation sites excluding steroid dienone is 1. The van der Waals surface area contributed by atoms with Crippen molar-refractivity contribution >= 4 is 21.6 Å². The molecule has 0 saturated carbocycles. The van der Waals surface area contributed by atoms with E-state index in [-0.39, 0.29) is 11.3 Å². The number of hydrogen-bond acceptors (Lipinski definition) is 5. The number of nitrogens with one attached hydrogen (secondary N) is 1. The molecule has 0 amide bonds. The third-order valence-electron chi connectivity index (χ3n) is 5.34. The number of ether oxygens (including phenoxy) is 1. The number of aryl methyl sites for hydroxylation is 2. The van der Waals surface area contributed by atoms with Crippen LogP contribution in [-0.2, 0) is 19.3 Å². The first kappa shape index (κ1) is 18.7. The number of methoxy groups -OCH3 is 1. The van der Waals surface area contributed by atoms with Crippen molar-refractivity contribution in [2.75, 3.05) is 7.11 Å². The first-order valence-corrected chi connectivity index (χ1v) is 10.5. The SMILES string of the molecule is C=CCc1cc(-c2nc3sc4c(c3c(=O)[nH]2)CCCCCC4)cc(OC)c1O. The number of phenols is 1. The fraction of sp³-hybridized carbons (Fsp3) is 0.364. The number of nitrogens with zero attached hydrogens (tertiary/aromatic N) is 1. The Kier molecular flexibility index (Phi) is 5.22. The van der Waals surface area contributed by atoms with E-state index < -0.39 is 0 Å². The molecule has 0 atom stereocenters. The molecule has 146 valence electrons. The van der Waals surface area contributed by atoms with Crippen molar-refractivity contribution in [2.45, 2.75) is 44.9 Å². The molecule has 0 aliphatic heterocycles. The predicted octanol–water partition coefficient (Wildman–Crippen LogP) is 4.75. The zero-order chi connectivity index (χ0) is 19.7. The number of benzene rings is 1. The van der Waals surface area contributed by atoms with Gasteiger partial charge in [-0.05, 0) is 49.8 Å². The van der Waals surface area contributed by atoms with Crippen molar-refractivity contribution in [1.29, 1.82) is 0 Å². The van der Waals surface area contributed by atoms with Crippen LogP contribution >= 0.6 is 11.3 Å². The van der Waals surface area contributed by atoms with E-state index in [1.165, 1.54) is 36.8 Å². The summed E-state index contributed by atoms with van der Waals surface area (Å²) in [4.78, 5) is 22.8. The van der Waals surface area contributed by atoms with E-state index in [2.05, 4.69) is 11.6 Å². The number of rotatable bonds is 4. The molecule has 4 rings (SSSR count). The van der Waals surface area contributed by atoms with Crippen LogP contribution in [0.15, 0.2) is 29.6 Å². The monoisotopic (exact) mass is 396 g/mol. The molecule has 2 heterocycles. The Bertz CT molecular complexity index is 1100. The van der Waals surface area contributed by atoms with Crippen molar-refractivity contribution in [1.82, 2.24) is 9.97 Å². The summed E-state index contributed by atoms with van der Waals surface area (Å²) in [6.07, 6.45) is 8.97. The molecule has 0 bridgehead atoms. The molecular formula is C22H24N2O3S. The van der Waals surface area contributed by atoms with E-state index in [0.29, 0.717) is 29.1 Å². The van der Waals surface area contributed by atoms with Gasteiger partial charge >= 0.3 is 0 Å². The van der Waals surface area contributed by atoms with Gasteiger partial charge in [-0.25, -0.2) is 4.98 Å². The molecule has 0 saturated heterocycles. The average Bonchev–Trinajstić information content (AvgIpc) is 3.00. The van der Waals surface area contributed by atoms with Crippen molar-refractivity contribution < 1.29 is 9.84 Å². The summed E-state index contributed by atoms with van der Waals surface area (Å²) in [5, 5.41) is 11.1. The predicted molar refractivity (Wildman–Crippen MR) is 114 cm³/mol. The highest BCUT2D eigenvalue weighted by Gasteiger charge is 2.19. The second kappa shape index (κ2) is 7.80. The van der Waals surface area contributed by atoms with Crippen molar-refractivity contribution in [3.05, 3.63) is 51.1 Å². The highest BCUT2D eigenvalue weighted by atomic mass is 32.1. The minimum Gasteiger partial charge on any atom is -0.504 e.